The molecule has 4 nitrogen and oxygen atoms in total. The molecule has 0 aliphatic rings. The van der Waals surface area contributed by atoms with Crippen LogP contribution in [0.3, 0.4) is 0 Å². The molecule has 6 heteroatoms. The average Bonchev–Trinajstić information content (AvgIpc) is 2.34. The maximum absolute atomic E-state index is 12.1. The van der Waals surface area contributed by atoms with Gasteiger partial charge in [-0.15, -0.1) is 0 Å². The molecular weight excluding hydrogens is 330 g/mol. The second-order valence-electron chi connectivity index (χ2n) is 4.06. The second kappa shape index (κ2) is 5.22. The predicted octanol–water partition coefficient (Wildman–Crippen LogP) is 3.26. The van der Waals surface area contributed by atoms with E-state index < -0.39 is 10.0 Å². The first-order chi connectivity index (χ1) is 8.88. The Morgan fingerprint density at radius 3 is 2.32 bits per heavy atom. The van der Waals surface area contributed by atoms with Crippen LogP contribution in [-0.4, -0.2) is 13.5 Å². The molecule has 0 radical (unpaired) electrons. The third-order valence-corrected chi connectivity index (χ3v) is 4.50. The lowest BCUT2D eigenvalue weighted by Gasteiger charge is -2.09. The first-order valence-corrected chi connectivity index (χ1v) is 7.74. The molecule has 0 saturated carbocycles. The molecule has 2 rings (SSSR count). The van der Waals surface area contributed by atoms with Crippen molar-refractivity contribution in [3.63, 3.8) is 0 Å². The summed E-state index contributed by atoms with van der Waals surface area (Å²) in [6.45, 7) is 1.70. The van der Waals surface area contributed by atoms with E-state index in [1.165, 1.54) is 24.3 Å². The summed E-state index contributed by atoms with van der Waals surface area (Å²) in [5.41, 5.74) is 1.02. The van der Waals surface area contributed by atoms with Gasteiger partial charge in [0, 0.05) is 10.2 Å². The Morgan fingerprint density at radius 2 is 1.74 bits per heavy atom. The lowest BCUT2D eigenvalue weighted by Crippen LogP contribution is -2.12. The minimum atomic E-state index is -3.61. The monoisotopic (exact) mass is 341 g/mol. The molecule has 2 aromatic rings. The molecule has 100 valence electrons. The number of rotatable bonds is 3. The highest BCUT2D eigenvalue weighted by molar-refractivity contribution is 9.10. The van der Waals surface area contributed by atoms with Crippen molar-refractivity contribution < 1.29 is 13.5 Å². The minimum absolute atomic E-state index is 0.131. The van der Waals surface area contributed by atoms with E-state index in [9.17, 15) is 13.5 Å². The van der Waals surface area contributed by atoms with Gasteiger partial charge in [-0.25, -0.2) is 8.42 Å². The largest absolute Gasteiger partial charge is 0.508 e. The van der Waals surface area contributed by atoms with Gasteiger partial charge in [-0.1, -0.05) is 15.9 Å². The molecule has 0 aliphatic carbocycles. The summed E-state index contributed by atoms with van der Waals surface area (Å²) >= 11 is 3.25. The lowest BCUT2D eigenvalue weighted by molar-refractivity contribution is 0.471. The Labute approximate surface area is 120 Å². The van der Waals surface area contributed by atoms with Crippen LogP contribution < -0.4 is 4.72 Å². The lowest BCUT2D eigenvalue weighted by atomic mass is 10.2. The van der Waals surface area contributed by atoms with Crippen LogP contribution in [-0.2, 0) is 10.0 Å². The van der Waals surface area contributed by atoms with Gasteiger partial charge in [0.25, 0.3) is 10.0 Å². The van der Waals surface area contributed by atoms with Crippen molar-refractivity contribution in [2.75, 3.05) is 4.72 Å². The Balaban J connectivity index is 2.30. The molecule has 0 heterocycles. The quantitative estimate of drug-likeness (QED) is 0.842. The van der Waals surface area contributed by atoms with Gasteiger partial charge in [-0.05, 0) is 55.0 Å². The predicted molar refractivity (Wildman–Crippen MR) is 77.8 cm³/mol. The van der Waals surface area contributed by atoms with E-state index in [1.807, 2.05) is 0 Å². The fourth-order valence-corrected chi connectivity index (χ4v) is 2.86. The zero-order valence-corrected chi connectivity index (χ0v) is 12.5. The summed E-state index contributed by atoms with van der Waals surface area (Å²) < 4.78 is 27.5. The molecule has 0 saturated heterocycles. The highest BCUT2D eigenvalue weighted by Crippen LogP contribution is 2.23. The Hall–Kier alpha value is -1.53. The molecule has 0 spiro atoms. The van der Waals surface area contributed by atoms with Gasteiger partial charge in [0.15, 0.2) is 0 Å². The van der Waals surface area contributed by atoms with Crippen LogP contribution in [0.5, 0.6) is 5.75 Å². The average molecular weight is 342 g/mol. The van der Waals surface area contributed by atoms with Crippen molar-refractivity contribution in [3.8, 4) is 5.75 Å². The van der Waals surface area contributed by atoms with E-state index in [-0.39, 0.29) is 10.6 Å². The molecule has 0 atom stereocenters. The van der Waals surface area contributed by atoms with Crippen molar-refractivity contribution >= 4 is 31.6 Å². The van der Waals surface area contributed by atoms with Crippen molar-refractivity contribution in [3.05, 3.63) is 52.5 Å². The standard InChI is InChI=1S/C13H12BrNO3S/c1-9-8-11(4-7-13(9)16)15-19(17,18)12-5-2-10(14)3-6-12/h2-8,15-16H,1H3. The van der Waals surface area contributed by atoms with Crippen molar-refractivity contribution in [2.24, 2.45) is 0 Å². The van der Waals surface area contributed by atoms with E-state index in [1.54, 1.807) is 25.1 Å². The smallest absolute Gasteiger partial charge is 0.261 e. The maximum Gasteiger partial charge on any atom is 0.261 e. The van der Waals surface area contributed by atoms with Crippen LogP contribution in [0.15, 0.2) is 51.8 Å². The highest BCUT2D eigenvalue weighted by Gasteiger charge is 2.14. The highest BCUT2D eigenvalue weighted by atomic mass is 79.9. The van der Waals surface area contributed by atoms with Gasteiger partial charge in [-0.2, -0.15) is 0 Å². The van der Waals surface area contributed by atoms with Crippen molar-refractivity contribution in [2.45, 2.75) is 11.8 Å². The van der Waals surface area contributed by atoms with Crippen LogP contribution in [0.4, 0.5) is 5.69 Å². The first-order valence-electron chi connectivity index (χ1n) is 5.46. The molecule has 0 amide bonds. The number of aromatic hydroxyl groups is 1. The number of phenolic OH excluding ortho intramolecular Hbond substituents is 1. The van der Waals surface area contributed by atoms with Gasteiger partial charge >= 0.3 is 0 Å². The normalized spacial score (nSPS) is 11.3. The molecule has 2 N–H and O–H groups in total. The molecule has 0 aromatic heterocycles. The number of halogens is 1. The Bertz CT molecular complexity index is 696. The Morgan fingerprint density at radius 1 is 1.11 bits per heavy atom. The van der Waals surface area contributed by atoms with Crippen LogP contribution in [0, 0.1) is 6.92 Å². The maximum atomic E-state index is 12.1. The fourth-order valence-electron chi connectivity index (χ4n) is 1.55. The number of sulfonamides is 1. The van der Waals surface area contributed by atoms with E-state index in [4.69, 9.17) is 0 Å². The zero-order valence-electron chi connectivity index (χ0n) is 10.1. The third-order valence-electron chi connectivity index (χ3n) is 2.57. The summed E-state index contributed by atoms with van der Waals surface area (Å²) in [6.07, 6.45) is 0. The van der Waals surface area contributed by atoms with E-state index in [0.717, 1.165) is 4.47 Å². The number of hydrogen-bond donors (Lipinski definition) is 2. The van der Waals surface area contributed by atoms with Gasteiger partial charge in [0.1, 0.15) is 5.75 Å². The summed E-state index contributed by atoms with van der Waals surface area (Å²) in [6, 6.07) is 10.9. The number of hydrogen-bond acceptors (Lipinski definition) is 3. The fraction of sp³-hybridized carbons (Fsp3) is 0.0769. The van der Waals surface area contributed by atoms with E-state index >= 15 is 0 Å². The van der Waals surface area contributed by atoms with Gasteiger partial charge in [0.2, 0.25) is 0 Å². The number of anilines is 1. The first kappa shape index (κ1) is 13.9. The second-order valence-corrected chi connectivity index (χ2v) is 6.66. The summed E-state index contributed by atoms with van der Waals surface area (Å²) in [4.78, 5) is 0.182. The molecule has 0 aliphatic heterocycles. The molecular formula is C13H12BrNO3S. The summed E-state index contributed by atoms with van der Waals surface area (Å²) in [5, 5.41) is 9.41. The SMILES string of the molecule is Cc1cc(NS(=O)(=O)c2ccc(Br)cc2)ccc1O. The van der Waals surface area contributed by atoms with Crippen molar-refractivity contribution in [1.29, 1.82) is 0 Å². The summed E-state index contributed by atoms with van der Waals surface area (Å²) in [7, 11) is -3.61. The number of benzene rings is 2. The Kier molecular flexibility index (Phi) is 3.82. The van der Waals surface area contributed by atoms with Gasteiger partial charge in [-0.3, -0.25) is 4.72 Å². The number of aryl methyl sites for hydroxylation is 1. The van der Waals surface area contributed by atoms with Gasteiger partial charge < -0.3 is 5.11 Å². The summed E-state index contributed by atoms with van der Waals surface area (Å²) in [5.74, 6) is 0.131. The van der Waals surface area contributed by atoms with E-state index in [2.05, 4.69) is 20.7 Å². The van der Waals surface area contributed by atoms with Crippen molar-refractivity contribution in [1.82, 2.24) is 0 Å². The number of nitrogens with one attached hydrogen (secondary N) is 1. The molecule has 0 unspecified atom stereocenters. The van der Waals surface area contributed by atoms with Crippen LogP contribution in [0.1, 0.15) is 5.56 Å². The van der Waals surface area contributed by atoms with Crippen LogP contribution >= 0.6 is 15.9 Å². The van der Waals surface area contributed by atoms with Crippen LogP contribution in [0.25, 0.3) is 0 Å². The topological polar surface area (TPSA) is 66.4 Å². The third kappa shape index (κ3) is 3.27. The molecule has 2 aromatic carbocycles. The molecule has 19 heavy (non-hydrogen) atoms. The molecule has 0 bridgehead atoms. The minimum Gasteiger partial charge on any atom is -0.508 e. The molecule has 0 fully saturated rings. The van der Waals surface area contributed by atoms with Crippen LogP contribution in [0.2, 0.25) is 0 Å². The number of phenols is 1. The zero-order chi connectivity index (χ0) is 14.0. The van der Waals surface area contributed by atoms with Gasteiger partial charge in [0.05, 0.1) is 4.90 Å². The van der Waals surface area contributed by atoms with E-state index in [0.29, 0.717) is 11.3 Å².